The van der Waals surface area contributed by atoms with E-state index >= 15 is 0 Å². The van der Waals surface area contributed by atoms with Crippen molar-refractivity contribution >= 4 is 21.7 Å². The molecule has 0 unspecified atom stereocenters. The van der Waals surface area contributed by atoms with Gasteiger partial charge in [-0.25, -0.2) is 0 Å². The fourth-order valence-electron chi connectivity index (χ4n) is 2.03. The minimum absolute atomic E-state index is 0.210. The third-order valence-corrected chi connectivity index (χ3v) is 3.63. The number of hydrogen-bond donors (Lipinski definition) is 0. The predicted octanol–water partition coefficient (Wildman–Crippen LogP) is 4.48. The van der Waals surface area contributed by atoms with Gasteiger partial charge in [0.2, 0.25) is 0 Å². The van der Waals surface area contributed by atoms with E-state index in [1.807, 2.05) is 0 Å². The van der Waals surface area contributed by atoms with E-state index in [0.29, 0.717) is 12.3 Å². The van der Waals surface area contributed by atoms with E-state index in [0.717, 1.165) is 22.9 Å². The molecular formula is C14H19BrO. The maximum atomic E-state index is 11.0. The van der Waals surface area contributed by atoms with Crippen LogP contribution in [0.25, 0.3) is 0 Å². The van der Waals surface area contributed by atoms with Gasteiger partial charge in [0.15, 0.2) is 0 Å². The second-order valence-corrected chi connectivity index (χ2v) is 5.10. The first-order valence-corrected chi connectivity index (χ1v) is 6.65. The summed E-state index contributed by atoms with van der Waals surface area (Å²) < 4.78 is 1.14. The topological polar surface area (TPSA) is 17.1 Å². The van der Waals surface area contributed by atoms with Crippen molar-refractivity contribution in [2.75, 3.05) is 0 Å². The molecule has 0 radical (unpaired) electrons. The molecule has 0 atom stereocenters. The Hall–Kier alpha value is -0.630. The molecule has 0 aliphatic carbocycles. The molecule has 0 amide bonds. The van der Waals surface area contributed by atoms with Gasteiger partial charge in [-0.15, -0.1) is 0 Å². The summed E-state index contributed by atoms with van der Waals surface area (Å²) in [7, 11) is 0. The molecule has 1 aromatic rings. The number of hydrogen-bond acceptors (Lipinski definition) is 1. The third kappa shape index (κ3) is 3.44. The van der Waals surface area contributed by atoms with Crippen LogP contribution in [0.4, 0.5) is 0 Å². The molecule has 0 aliphatic heterocycles. The summed E-state index contributed by atoms with van der Waals surface area (Å²) in [4.78, 5) is 11.0. The van der Waals surface area contributed by atoms with Crippen molar-refractivity contribution in [2.24, 2.45) is 0 Å². The van der Waals surface area contributed by atoms with Crippen LogP contribution in [0.15, 0.2) is 22.7 Å². The highest BCUT2D eigenvalue weighted by atomic mass is 79.9. The predicted molar refractivity (Wildman–Crippen MR) is 71.9 cm³/mol. The van der Waals surface area contributed by atoms with E-state index in [9.17, 15) is 4.79 Å². The van der Waals surface area contributed by atoms with Crippen molar-refractivity contribution in [2.45, 2.75) is 46.0 Å². The van der Waals surface area contributed by atoms with Crippen LogP contribution in [0.3, 0.4) is 0 Å². The molecule has 1 aromatic carbocycles. The molecule has 0 spiro atoms. The standard InChI is InChI=1S/C14H19BrO/c1-4-12(5-2)13-7-6-11(8-10(3)16)9-14(13)15/h6-7,9,12H,4-5,8H2,1-3H3. The maximum Gasteiger partial charge on any atom is 0.134 e. The fourth-order valence-corrected chi connectivity index (χ4v) is 2.78. The highest BCUT2D eigenvalue weighted by Crippen LogP contribution is 2.30. The minimum atomic E-state index is 0.210. The fraction of sp³-hybridized carbons (Fsp3) is 0.500. The Morgan fingerprint density at radius 3 is 2.38 bits per heavy atom. The number of Topliss-reactive ketones (excluding diaryl/α,β-unsaturated/α-hetero) is 1. The molecule has 0 N–H and O–H groups in total. The van der Waals surface area contributed by atoms with Gasteiger partial charge in [0.05, 0.1) is 0 Å². The van der Waals surface area contributed by atoms with Gasteiger partial charge >= 0.3 is 0 Å². The maximum absolute atomic E-state index is 11.0. The van der Waals surface area contributed by atoms with Crippen molar-refractivity contribution in [3.8, 4) is 0 Å². The summed E-state index contributed by atoms with van der Waals surface area (Å²) in [5.41, 5.74) is 2.45. The smallest absolute Gasteiger partial charge is 0.134 e. The Kier molecular flexibility index (Phi) is 5.20. The molecule has 0 aromatic heterocycles. The van der Waals surface area contributed by atoms with Crippen molar-refractivity contribution in [3.05, 3.63) is 33.8 Å². The van der Waals surface area contributed by atoms with Gasteiger partial charge < -0.3 is 0 Å². The van der Waals surface area contributed by atoms with Gasteiger partial charge in [0.25, 0.3) is 0 Å². The quantitative estimate of drug-likeness (QED) is 0.778. The average molecular weight is 283 g/mol. The van der Waals surface area contributed by atoms with Crippen LogP contribution in [0.5, 0.6) is 0 Å². The van der Waals surface area contributed by atoms with Crippen molar-refractivity contribution in [3.63, 3.8) is 0 Å². The second-order valence-electron chi connectivity index (χ2n) is 4.25. The lowest BCUT2D eigenvalue weighted by molar-refractivity contribution is -0.116. The molecule has 0 saturated carbocycles. The molecule has 1 rings (SSSR count). The number of ketones is 1. The van der Waals surface area contributed by atoms with Gasteiger partial charge in [-0.05, 0) is 42.9 Å². The highest BCUT2D eigenvalue weighted by Gasteiger charge is 2.11. The van der Waals surface area contributed by atoms with E-state index in [2.05, 4.69) is 48.0 Å². The number of carbonyl (C=O) groups is 1. The summed E-state index contributed by atoms with van der Waals surface area (Å²) in [5, 5.41) is 0. The third-order valence-electron chi connectivity index (χ3n) is 2.94. The lowest BCUT2D eigenvalue weighted by atomic mass is 9.93. The number of carbonyl (C=O) groups excluding carboxylic acids is 1. The van der Waals surface area contributed by atoms with Crippen molar-refractivity contribution < 1.29 is 4.79 Å². The summed E-state index contributed by atoms with van der Waals surface area (Å²) in [6.07, 6.45) is 2.84. The van der Waals surface area contributed by atoms with E-state index in [-0.39, 0.29) is 5.78 Å². The molecule has 2 heteroatoms. The molecule has 1 nitrogen and oxygen atoms in total. The van der Waals surface area contributed by atoms with E-state index in [1.165, 1.54) is 5.56 Å². The summed E-state index contributed by atoms with van der Waals surface area (Å²) in [5.74, 6) is 0.822. The molecule has 0 saturated heterocycles. The van der Waals surface area contributed by atoms with E-state index in [1.54, 1.807) is 6.92 Å². The Labute approximate surface area is 106 Å². The van der Waals surface area contributed by atoms with Crippen LogP contribution >= 0.6 is 15.9 Å². The van der Waals surface area contributed by atoms with E-state index in [4.69, 9.17) is 0 Å². The zero-order valence-corrected chi connectivity index (χ0v) is 11.8. The average Bonchev–Trinajstić information content (AvgIpc) is 2.21. The number of benzene rings is 1. The lowest BCUT2D eigenvalue weighted by Crippen LogP contribution is -2.00. The van der Waals surface area contributed by atoms with Crippen LogP contribution in [-0.2, 0) is 11.2 Å². The molecule has 0 fully saturated rings. The molecule has 0 heterocycles. The van der Waals surface area contributed by atoms with Crippen molar-refractivity contribution in [1.82, 2.24) is 0 Å². The zero-order valence-electron chi connectivity index (χ0n) is 10.2. The van der Waals surface area contributed by atoms with Crippen LogP contribution < -0.4 is 0 Å². The van der Waals surface area contributed by atoms with Gasteiger partial charge in [-0.3, -0.25) is 4.79 Å². The molecular weight excluding hydrogens is 264 g/mol. The Bertz CT molecular complexity index is 367. The van der Waals surface area contributed by atoms with Gasteiger partial charge in [0.1, 0.15) is 5.78 Å². The first kappa shape index (κ1) is 13.4. The van der Waals surface area contributed by atoms with Crippen LogP contribution in [0.2, 0.25) is 0 Å². The van der Waals surface area contributed by atoms with Gasteiger partial charge in [0, 0.05) is 10.9 Å². The summed E-state index contributed by atoms with van der Waals surface area (Å²) in [6.45, 7) is 6.05. The monoisotopic (exact) mass is 282 g/mol. The molecule has 0 aliphatic rings. The summed E-state index contributed by atoms with van der Waals surface area (Å²) >= 11 is 3.61. The van der Waals surface area contributed by atoms with E-state index < -0.39 is 0 Å². The van der Waals surface area contributed by atoms with Crippen LogP contribution in [0.1, 0.15) is 50.7 Å². The SMILES string of the molecule is CCC(CC)c1ccc(CC(C)=O)cc1Br. The molecule has 16 heavy (non-hydrogen) atoms. The minimum Gasteiger partial charge on any atom is -0.300 e. The molecule has 0 bridgehead atoms. The Morgan fingerprint density at radius 2 is 1.94 bits per heavy atom. The largest absolute Gasteiger partial charge is 0.300 e. The first-order valence-electron chi connectivity index (χ1n) is 5.86. The van der Waals surface area contributed by atoms with Crippen molar-refractivity contribution in [1.29, 1.82) is 0 Å². The first-order chi connectivity index (χ1) is 7.58. The number of rotatable bonds is 5. The second kappa shape index (κ2) is 6.19. The van der Waals surface area contributed by atoms with Crippen LogP contribution in [-0.4, -0.2) is 5.78 Å². The zero-order chi connectivity index (χ0) is 12.1. The Balaban J connectivity index is 2.94. The number of halogens is 1. The normalized spacial score (nSPS) is 10.8. The molecule has 88 valence electrons. The summed E-state index contributed by atoms with van der Waals surface area (Å²) in [6, 6.07) is 6.30. The van der Waals surface area contributed by atoms with Crippen LogP contribution in [0, 0.1) is 0 Å². The highest BCUT2D eigenvalue weighted by molar-refractivity contribution is 9.10. The van der Waals surface area contributed by atoms with Gasteiger partial charge in [-0.2, -0.15) is 0 Å². The Morgan fingerprint density at radius 1 is 1.31 bits per heavy atom. The lowest BCUT2D eigenvalue weighted by Gasteiger charge is -2.15. The van der Waals surface area contributed by atoms with Gasteiger partial charge in [-0.1, -0.05) is 41.9 Å².